The van der Waals surface area contributed by atoms with Crippen molar-refractivity contribution in [1.82, 2.24) is 13.6 Å². The predicted molar refractivity (Wildman–Crippen MR) is 67.6 cm³/mol. The number of hydrogen-bond donors (Lipinski definition) is 0. The number of imide groups is 1. The molecule has 0 radical (unpaired) electrons. The third-order valence-electron chi connectivity index (χ3n) is 2.89. The van der Waals surface area contributed by atoms with Gasteiger partial charge in [-0.25, -0.2) is 0 Å². The van der Waals surface area contributed by atoms with E-state index in [1.165, 1.54) is 4.90 Å². The zero-order valence-corrected chi connectivity index (χ0v) is 10.8. The van der Waals surface area contributed by atoms with Crippen molar-refractivity contribution in [2.24, 2.45) is 5.92 Å². The third kappa shape index (κ3) is 1.53. The van der Waals surface area contributed by atoms with Crippen LogP contribution in [-0.4, -0.2) is 32.0 Å². The Morgan fingerprint density at radius 1 is 1.11 bits per heavy atom. The average molecular weight is 261 g/mol. The molecule has 0 saturated carbocycles. The van der Waals surface area contributed by atoms with Gasteiger partial charge in [0.1, 0.15) is 11.0 Å². The van der Waals surface area contributed by atoms with Gasteiger partial charge in [0, 0.05) is 6.54 Å². The van der Waals surface area contributed by atoms with Crippen LogP contribution in [0.15, 0.2) is 12.1 Å². The lowest BCUT2D eigenvalue weighted by Crippen LogP contribution is -2.33. The van der Waals surface area contributed by atoms with Gasteiger partial charge in [-0.3, -0.25) is 14.5 Å². The Morgan fingerprint density at radius 2 is 1.61 bits per heavy atom. The van der Waals surface area contributed by atoms with Gasteiger partial charge in [-0.15, -0.1) is 0 Å². The first-order valence-corrected chi connectivity index (χ1v) is 6.43. The molecule has 0 bridgehead atoms. The van der Waals surface area contributed by atoms with E-state index in [1.807, 2.05) is 13.8 Å². The van der Waals surface area contributed by atoms with Crippen LogP contribution in [0.25, 0.3) is 11.0 Å². The molecule has 0 atom stereocenters. The van der Waals surface area contributed by atoms with Gasteiger partial charge in [0.25, 0.3) is 11.8 Å². The number of aromatic nitrogens is 2. The van der Waals surface area contributed by atoms with Crippen molar-refractivity contribution in [1.29, 1.82) is 0 Å². The van der Waals surface area contributed by atoms with Crippen molar-refractivity contribution in [3.63, 3.8) is 0 Å². The average Bonchev–Trinajstić information content (AvgIpc) is 2.86. The molecule has 3 rings (SSSR count). The van der Waals surface area contributed by atoms with E-state index in [9.17, 15) is 9.59 Å². The molecule has 18 heavy (non-hydrogen) atoms. The van der Waals surface area contributed by atoms with Gasteiger partial charge in [0.15, 0.2) is 0 Å². The summed E-state index contributed by atoms with van der Waals surface area (Å²) in [5.74, 6) is -0.193. The molecule has 6 heteroatoms. The summed E-state index contributed by atoms with van der Waals surface area (Å²) in [6.45, 7) is 4.40. The Kier molecular flexibility index (Phi) is 2.41. The second kappa shape index (κ2) is 3.84. The third-order valence-corrected chi connectivity index (χ3v) is 3.45. The van der Waals surface area contributed by atoms with Crippen molar-refractivity contribution >= 4 is 34.6 Å². The number of carbonyl (C=O) groups is 2. The summed E-state index contributed by atoms with van der Waals surface area (Å²) >= 11 is 1.08. The molecule has 2 aromatic rings. The first kappa shape index (κ1) is 11.3. The second-order valence-electron chi connectivity index (χ2n) is 4.77. The van der Waals surface area contributed by atoms with Gasteiger partial charge in [-0.05, 0) is 18.1 Å². The van der Waals surface area contributed by atoms with Gasteiger partial charge in [0.05, 0.1) is 22.9 Å². The highest BCUT2D eigenvalue weighted by Crippen LogP contribution is 2.27. The lowest BCUT2D eigenvalue weighted by molar-refractivity contribution is 0.0636. The standard InChI is InChI=1S/C12H11N3O2S/c1-6(2)5-15-11(16)7-3-9-10(14-18-13-9)4-8(7)12(15)17/h3-4,6H,5H2,1-2H3. The molecule has 0 fully saturated rings. The monoisotopic (exact) mass is 261 g/mol. The van der Waals surface area contributed by atoms with E-state index in [1.54, 1.807) is 12.1 Å². The van der Waals surface area contributed by atoms with Crippen LogP contribution in [0.2, 0.25) is 0 Å². The maximum Gasteiger partial charge on any atom is 0.261 e. The molecule has 1 aliphatic rings. The Labute approximate surface area is 108 Å². The normalized spacial score (nSPS) is 14.9. The van der Waals surface area contributed by atoms with Crippen molar-refractivity contribution < 1.29 is 9.59 Å². The molecular formula is C12H11N3O2S. The van der Waals surface area contributed by atoms with Crippen LogP contribution in [-0.2, 0) is 0 Å². The predicted octanol–water partition coefficient (Wildman–Crippen LogP) is 1.94. The number of benzene rings is 1. The lowest BCUT2D eigenvalue weighted by Gasteiger charge is -2.15. The summed E-state index contributed by atoms with van der Waals surface area (Å²) in [4.78, 5) is 25.6. The van der Waals surface area contributed by atoms with Crippen LogP contribution in [0, 0.1) is 5.92 Å². The Hall–Kier alpha value is -1.82. The second-order valence-corrected chi connectivity index (χ2v) is 5.29. The molecule has 0 spiro atoms. The molecular weight excluding hydrogens is 250 g/mol. The van der Waals surface area contributed by atoms with E-state index in [0.29, 0.717) is 28.7 Å². The van der Waals surface area contributed by atoms with Crippen molar-refractivity contribution in [2.75, 3.05) is 6.54 Å². The summed E-state index contributed by atoms with van der Waals surface area (Å²) in [6, 6.07) is 3.32. The largest absolute Gasteiger partial charge is 0.274 e. The minimum atomic E-state index is -0.224. The van der Waals surface area contributed by atoms with Gasteiger partial charge < -0.3 is 0 Å². The summed E-state index contributed by atoms with van der Waals surface area (Å²) < 4.78 is 8.18. The molecule has 1 aromatic carbocycles. The number of amides is 2. The highest BCUT2D eigenvalue weighted by molar-refractivity contribution is 7.00. The molecule has 92 valence electrons. The molecule has 0 N–H and O–H groups in total. The first-order valence-electron chi connectivity index (χ1n) is 5.70. The van der Waals surface area contributed by atoms with Crippen LogP contribution in [0.5, 0.6) is 0 Å². The molecule has 2 heterocycles. The Morgan fingerprint density at radius 3 is 2.06 bits per heavy atom. The van der Waals surface area contributed by atoms with Crippen LogP contribution in [0.3, 0.4) is 0 Å². The van der Waals surface area contributed by atoms with Crippen LogP contribution in [0.1, 0.15) is 34.6 Å². The lowest BCUT2D eigenvalue weighted by atomic mass is 10.1. The quantitative estimate of drug-likeness (QED) is 0.775. The smallest absolute Gasteiger partial charge is 0.261 e. The van der Waals surface area contributed by atoms with E-state index in [0.717, 1.165) is 11.7 Å². The summed E-state index contributed by atoms with van der Waals surface area (Å²) in [5, 5.41) is 0. The molecule has 0 unspecified atom stereocenters. The fourth-order valence-electron chi connectivity index (χ4n) is 2.10. The van der Waals surface area contributed by atoms with E-state index in [4.69, 9.17) is 0 Å². The SMILES string of the molecule is CC(C)CN1C(=O)c2cc3nsnc3cc2C1=O. The van der Waals surface area contributed by atoms with E-state index in [-0.39, 0.29) is 17.7 Å². The van der Waals surface area contributed by atoms with Gasteiger partial charge in [-0.1, -0.05) is 13.8 Å². The fraction of sp³-hybridized carbons (Fsp3) is 0.333. The zero-order valence-electron chi connectivity index (χ0n) is 10.0. The van der Waals surface area contributed by atoms with Crippen LogP contribution < -0.4 is 0 Å². The number of hydrogen-bond acceptors (Lipinski definition) is 5. The van der Waals surface area contributed by atoms with Crippen LogP contribution >= 0.6 is 11.7 Å². The zero-order chi connectivity index (χ0) is 12.9. The van der Waals surface area contributed by atoms with Crippen molar-refractivity contribution in [3.05, 3.63) is 23.3 Å². The number of nitrogens with zero attached hydrogens (tertiary/aromatic N) is 3. The van der Waals surface area contributed by atoms with Gasteiger partial charge in [0.2, 0.25) is 0 Å². The Bertz CT molecular complexity index is 612. The van der Waals surface area contributed by atoms with Gasteiger partial charge in [-0.2, -0.15) is 8.75 Å². The summed E-state index contributed by atoms with van der Waals surface area (Å²) in [7, 11) is 0. The highest BCUT2D eigenvalue weighted by Gasteiger charge is 2.36. The molecule has 5 nitrogen and oxygen atoms in total. The molecule has 1 aromatic heterocycles. The number of fused-ring (bicyclic) bond motifs is 2. The molecule has 2 amide bonds. The minimum Gasteiger partial charge on any atom is -0.274 e. The topological polar surface area (TPSA) is 63.2 Å². The molecule has 0 saturated heterocycles. The first-order chi connectivity index (χ1) is 8.58. The minimum absolute atomic E-state index is 0.224. The van der Waals surface area contributed by atoms with E-state index >= 15 is 0 Å². The van der Waals surface area contributed by atoms with Gasteiger partial charge >= 0.3 is 0 Å². The molecule has 1 aliphatic heterocycles. The molecule has 0 aliphatic carbocycles. The maximum atomic E-state index is 12.2. The fourth-order valence-corrected chi connectivity index (χ4v) is 2.61. The summed E-state index contributed by atoms with van der Waals surface area (Å²) in [5.41, 5.74) is 2.24. The number of carbonyl (C=O) groups excluding carboxylic acids is 2. The van der Waals surface area contributed by atoms with Crippen molar-refractivity contribution in [3.8, 4) is 0 Å². The highest BCUT2D eigenvalue weighted by atomic mass is 32.1. The number of rotatable bonds is 2. The Balaban J connectivity index is 2.11. The summed E-state index contributed by atoms with van der Waals surface area (Å²) in [6.07, 6.45) is 0. The van der Waals surface area contributed by atoms with Crippen molar-refractivity contribution in [2.45, 2.75) is 13.8 Å². The van der Waals surface area contributed by atoms with E-state index < -0.39 is 0 Å². The maximum absolute atomic E-state index is 12.2. The van der Waals surface area contributed by atoms with E-state index in [2.05, 4.69) is 8.75 Å². The van der Waals surface area contributed by atoms with Crippen LogP contribution in [0.4, 0.5) is 0 Å².